The molecule has 9 nitrogen and oxygen atoms in total. The molecule has 0 spiro atoms. The van der Waals surface area contributed by atoms with E-state index in [2.05, 4.69) is 30.1 Å². The van der Waals surface area contributed by atoms with E-state index >= 15 is 0 Å². The van der Waals surface area contributed by atoms with Gasteiger partial charge in [0.1, 0.15) is 5.82 Å². The number of rotatable bonds is 6. The topological polar surface area (TPSA) is 123 Å². The largest absolute Gasteiger partial charge is 0.375 e. The van der Waals surface area contributed by atoms with Gasteiger partial charge in [-0.05, 0) is 26.2 Å². The Morgan fingerprint density at radius 1 is 1.19 bits per heavy atom. The van der Waals surface area contributed by atoms with E-state index in [1.807, 2.05) is 39.3 Å². The maximum atomic E-state index is 11.8. The Kier molecular flexibility index (Phi) is 16.3. The zero-order chi connectivity index (χ0) is 24.7. The van der Waals surface area contributed by atoms with Gasteiger partial charge in [0.15, 0.2) is 0 Å². The first kappa shape index (κ1) is 31.5. The third-order valence-corrected chi connectivity index (χ3v) is 7.91. The van der Waals surface area contributed by atoms with E-state index in [1.165, 1.54) is 19.7 Å². The Hall–Kier alpha value is -1.69. The fourth-order valence-corrected chi connectivity index (χ4v) is 5.80. The second-order valence-electron chi connectivity index (χ2n) is 6.25. The Morgan fingerprint density at radius 2 is 1.77 bits per heavy atom. The highest BCUT2D eigenvalue weighted by molar-refractivity contribution is 8.02. The van der Waals surface area contributed by atoms with E-state index in [0.717, 1.165) is 29.3 Å². The Bertz CT molecular complexity index is 819. The molecular weight excluding hydrogens is 438 g/mol. The molecular formula is C20H41N5O4S2. The van der Waals surface area contributed by atoms with Crippen LogP contribution in [0.1, 0.15) is 60.3 Å². The summed E-state index contributed by atoms with van der Waals surface area (Å²) in [6, 6.07) is 0. The van der Waals surface area contributed by atoms with Crippen molar-refractivity contribution in [2.24, 2.45) is 0 Å². The SMILES string of the molecule is C=C(NC)NS(=O)(=O)N1CCCN(C)S1(=O)=O.CC.CC.CC(=N)CC1=CCC=CC1. The molecule has 0 unspecified atom stereocenters. The summed E-state index contributed by atoms with van der Waals surface area (Å²) in [6.07, 6.45) is 9.99. The molecule has 0 saturated carbocycles. The monoisotopic (exact) mass is 479 g/mol. The molecule has 1 fully saturated rings. The molecule has 3 N–H and O–H groups in total. The normalized spacial score (nSPS) is 17.8. The summed E-state index contributed by atoms with van der Waals surface area (Å²) in [5, 5.41) is 9.74. The van der Waals surface area contributed by atoms with Crippen molar-refractivity contribution in [2.75, 3.05) is 27.2 Å². The molecule has 182 valence electrons. The summed E-state index contributed by atoms with van der Waals surface area (Å²) in [7, 11) is -5.30. The zero-order valence-corrected chi connectivity index (χ0v) is 21.7. The minimum Gasteiger partial charge on any atom is -0.375 e. The van der Waals surface area contributed by atoms with Crippen LogP contribution in [0.15, 0.2) is 36.2 Å². The molecule has 11 heteroatoms. The lowest BCUT2D eigenvalue weighted by Crippen LogP contribution is -2.54. The van der Waals surface area contributed by atoms with Crippen LogP contribution in [-0.2, 0) is 20.4 Å². The molecule has 1 saturated heterocycles. The predicted octanol–water partition coefficient (Wildman–Crippen LogP) is 3.14. The quantitative estimate of drug-likeness (QED) is 0.399. The average molecular weight is 480 g/mol. The van der Waals surface area contributed by atoms with Gasteiger partial charge >= 0.3 is 10.2 Å². The molecule has 0 radical (unpaired) electrons. The highest BCUT2D eigenvalue weighted by Gasteiger charge is 2.39. The van der Waals surface area contributed by atoms with Crippen molar-refractivity contribution in [2.45, 2.75) is 60.3 Å². The van der Waals surface area contributed by atoms with Crippen LogP contribution < -0.4 is 10.0 Å². The smallest absolute Gasteiger partial charge is 0.316 e. The van der Waals surface area contributed by atoms with Crippen LogP contribution in [0.3, 0.4) is 0 Å². The molecule has 2 rings (SSSR count). The Morgan fingerprint density at radius 3 is 2.23 bits per heavy atom. The van der Waals surface area contributed by atoms with Gasteiger partial charge in [0.25, 0.3) is 10.2 Å². The number of hydrogen-bond donors (Lipinski definition) is 3. The molecule has 0 aromatic heterocycles. The summed E-state index contributed by atoms with van der Waals surface area (Å²) >= 11 is 0. The van der Waals surface area contributed by atoms with Crippen LogP contribution in [0, 0.1) is 5.41 Å². The lowest BCUT2D eigenvalue weighted by molar-refractivity contribution is 0.367. The predicted molar refractivity (Wildman–Crippen MR) is 130 cm³/mol. The number of allylic oxidation sites excluding steroid dienone is 4. The van der Waals surface area contributed by atoms with Gasteiger partial charge in [-0.1, -0.05) is 61.8 Å². The van der Waals surface area contributed by atoms with Crippen molar-refractivity contribution in [3.8, 4) is 0 Å². The first-order valence-electron chi connectivity index (χ1n) is 10.5. The van der Waals surface area contributed by atoms with Gasteiger partial charge < -0.3 is 10.7 Å². The zero-order valence-electron chi connectivity index (χ0n) is 20.0. The molecule has 1 aliphatic heterocycles. The first-order chi connectivity index (χ1) is 14.5. The molecule has 0 aromatic rings. The third-order valence-electron chi connectivity index (χ3n) is 3.87. The first-order valence-corrected chi connectivity index (χ1v) is 13.3. The number of nitrogens with one attached hydrogen (secondary N) is 3. The van der Waals surface area contributed by atoms with Crippen LogP contribution in [0.25, 0.3) is 0 Å². The molecule has 0 amide bonds. The average Bonchev–Trinajstić information content (AvgIpc) is 2.73. The van der Waals surface area contributed by atoms with Gasteiger partial charge in [-0.25, -0.2) is 0 Å². The molecule has 0 aromatic carbocycles. The summed E-state index contributed by atoms with van der Waals surface area (Å²) in [5.41, 5.74) is 2.16. The lowest BCUT2D eigenvalue weighted by Gasteiger charge is -2.31. The van der Waals surface area contributed by atoms with E-state index in [9.17, 15) is 16.8 Å². The van der Waals surface area contributed by atoms with Crippen LogP contribution in [0.4, 0.5) is 0 Å². The maximum Gasteiger partial charge on any atom is 0.316 e. The summed E-state index contributed by atoms with van der Waals surface area (Å²) in [4.78, 5) is 0. The third kappa shape index (κ3) is 11.5. The highest BCUT2D eigenvalue weighted by atomic mass is 32.3. The van der Waals surface area contributed by atoms with E-state index in [4.69, 9.17) is 5.41 Å². The van der Waals surface area contributed by atoms with Gasteiger partial charge in [-0.2, -0.15) is 21.1 Å². The van der Waals surface area contributed by atoms with Crippen molar-refractivity contribution in [3.05, 3.63) is 36.2 Å². The van der Waals surface area contributed by atoms with Crippen LogP contribution >= 0.6 is 0 Å². The second kappa shape index (κ2) is 16.0. The van der Waals surface area contributed by atoms with E-state index in [0.29, 0.717) is 16.7 Å². The number of hydrogen-bond acceptors (Lipinski definition) is 6. The van der Waals surface area contributed by atoms with Gasteiger partial charge in [0.2, 0.25) is 0 Å². The fourth-order valence-electron chi connectivity index (χ4n) is 2.44. The Labute approximate surface area is 190 Å². The standard InChI is InChI=1S/C9H13N.C7H16N4O4S2.2C2H6/c1-8(10)7-9-5-3-2-4-6-9;1-7(8-2)9-16(12,13)11-6-4-5-10(3)17(11,14)15;2*1-2/h2-3,6,10H,4-5,7H2,1H3;8-9H,1,4-6H2,2-3H3;2*1-2H3. The maximum absolute atomic E-state index is 11.8. The second-order valence-corrected chi connectivity index (χ2v) is 10.0. The summed E-state index contributed by atoms with van der Waals surface area (Å²) in [5.74, 6) is 0.00780. The Balaban J connectivity index is 0. The van der Waals surface area contributed by atoms with Gasteiger partial charge in [0, 0.05) is 39.3 Å². The van der Waals surface area contributed by atoms with Gasteiger partial charge in [0.05, 0.1) is 0 Å². The fraction of sp³-hybridized carbons (Fsp3) is 0.650. The van der Waals surface area contributed by atoms with Crippen molar-refractivity contribution in [1.29, 1.82) is 5.41 Å². The molecule has 1 heterocycles. The van der Waals surface area contributed by atoms with E-state index in [-0.39, 0.29) is 12.4 Å². The molecule has 1 aliphatic carbocycles. The molecule has 31 heavy (non-hydrogen) atoms. The van der Waals surface area contributed by atoms with Crippen molar-refractivity contribution in [3.63, 3.8) is 0 Å². The molecule has 0 bridgehead atoms. The summed E-state index contributed by atoms with van der Waals surface area (Å²) in [6.45, 7) is 13.5. The van der Waals surface area contributed by atoms with E-state index in [1.54, 1.807) is 0 Å². The van der Waals surface area contributed by atoms with Gasteiger partial charge in [-0.15, -0.1) is 0 Å². The minimum absolute atomic E-state index is 0.00780. The van der Waals surface area contributed by atoms with Crippen LogP contribution in [0.2, 0.25) is 0 Å². The number of nitrogens with zero attached hydrogens (tertiary/aromatic N) is 2. The van der Waals surface area contributed by atoms with E-state index < -0.39 is 20.4 Å². The van der Waals surface area contributed by atoms with Crippen LogP contribution in [0.5, 0.6) is 0 Å². The van der Waals surface area contributed by atoms with Crippen LogP contribution in [-0.4, -0.2) is 57.7 Å². The van der Waals surface area contributed by atoms with Crippen molar-refractivity contribution >= 4 is 26.1 Å². The van der Waals surface area contributed by atoms with Gasteiger partial charge in [-0.3, -0.25) is 4.72 Å². The molecule has 2 aliphatic rings. The minimum atomic E-state index is -4.14. The van der Waals surface area contributed by atoms with Crippen molar-refractivity contribution < 1.29 is 16.8 Å². The lowest BCUT2D eigenvalue weighted by atomic mass is 10.0. The highest BCUT2D eigenvalue weighted by Crippen LogP contribution is 2.17. The van der Waals surface area contributed by atoms with Crippen molar-refractivity contribution in [1.82, 2.24) is 18.1 Å². The summed E-state index contributed by atoms with van der Waals surface area (Å²) < 4.78 is 50.7. The molecule has 0 atom stereocenters.